The molecule has 2 amide bonds. The molecule has 0 saturated heterocycles. The number of anilines is 1. The largest absolute Gasteiger partial charge is 0.497 e. The maximum absolute atomic E-state index is 14.3. The fraction of sp³-hybridized carbons (Fsp3) is 0.323. The van der Waals surface area contributed by atoms with E-state index in [2.05, 4.69) is 40.3 Å². The third-order valence-corrected chi connectivity index (χ3v) is 8.93. The van der Waals surface area contributed by atoms with Gasteiger partial charge in [0.1, 0.15) is 22.2 Å². The van der Waals surface area contributed by atoms with Gasteiger partial charge in [-0.1, -0.05) is 12.1 Å². The van der Waals surface area contributed by atoms with Crippen molar-refractivity contribution in [3.63, 3.8) is 0 Å². The zero-order chi connectivity index (χ0) is 26.9. The second-order valence-electron chi connectivity index (χ2n) is 9.83. The average Bonchev–Trinajstić information content (AvgIpc) is 3.55. The van der Waals surface area contributed by atoms with E-state index in [1.54, 1.807) is 26.4 Å². The summed E-state index contributed by atoms with van der Waals surface area (Å²) < 4.78 is 19.0. The molecule has 3 heterocycles. The van der Waals surface area contributed by atoms with Crippen molar-refractivity contribution in [3.05, 3.63) is 88.1 Å². The van der Waals surface area contributed by atoms with E-state index >= 15 is 0 Å². The SMILES string of the molecule is CCOc1ccc([C@H]2c3cccn3-c3sc4c(c3CN2C(=O)Nc2cc(OC)ccc2OC)CCCC4)cc1. The van der Waals surface area contributed by atoms with E-state index in [1.807, 2.05) is 41.4 Å². The number of carbonyl (C=O) groups excluding carboxylic acids is 1. The van der Waals surface area contributed by atoms with E-state index in [0.29, 0.717) is 30.3 Å². The standard InChI is InChI=1S/C31H33N3O4S/c1-4-38-21-13-11-20(12-14-21)29-26-9-7-17-33(26)30-24(23-8-5-6-10-28(23)39-30)19-34(29)31(35)32-25-18-22(36-2)15-16-27(25)37-3/h7,9,11-18,29H,4-6,8,10,19H2,1-3H3,(H,32,35)/t29-/m0/s1. The quantitative estimate of drug-likeness (QED) is 0.285. The first kappa shape index (κ1) is 25.4. The van der Waals surface area contributed by atoms with E-state index in [9.17, 15) is 4.79 Å². The van der Waals surface area contributed by atoms with Gasteiger partial charge >= 0.3 is 6.03 Å². The smallest absolute Gasteiger partial charge is 0.323 e. The number of aryl methyl sites for hydroxylation is 1. The molecule has 2 aromatic carbocycles. The summed E-state index contributed by atoms with van der Waals surface area (Å²) in [5, 5.41) is 4.37. The number of benzene rings is 2. The number of thiophene rings is 1. The molecule has 0 radical (unpaired) electrons. The fourth-order valence-electron chi connectivity index (χ4n) is 5.75. The molecule has 7 nitrogen and oxygen atoms in total. The highest BCUT2D eigenvalue weighted by molar-refractivity contribution is 7.15. The van der Waals surface area contributed by atoms with Crippen molar-refractivity contribution in [1.29, 1.82) is 0 Å². The van der Waals surface area contributed by atoms with E-state index in [4.69, 9.17) is 14.2 Å². The molecule has 1 aliphatic heterocycles. The lowest BCUT2D eigenvalue weighted by Crippen LogP contribution is -2.38. The molecule has 4 aromatic rings. The predicted octanol–water partition coefficient (Wildman–Crippen LogP) is 6.97. The van der Waals surface area contributed by atoms with Crippen LogP contribution in [0.15, 0.2) is 60.8 Å². The molecule has 6 rings (SSSR count). The van der Waals surface area contributed by atoms with Gasteiger partial charge in [-0.25, -0.2) is 4.79 Å². The highest BCUT2D eigenvalue weighted by Gasteiger charge is 2.36. The lowest BCUT2D eigenvalue weighted by molar-refractivity contribution is 0.194. The van der Waals surface area contributed by atoms with Gasteiger partial charge in [0, 0.05) is 22.7 Å². The zero-order valence-electron chi connectivity index (χ0n) is 22.5. The molecule has 1 aliphatic carbocycles. The molecule has 202 valence electrons. The Morgan fingerprint density at radius 3 is 2.56 bits per heavy atom. The minimum Gasteiger partial charge on any atom is -0.497 e. The second-order valence-corrected chi connectivity index (χ2v) is 10.9. The van der Waals surface area contributed by atoms with Gasteiger partial charge < -0.3 is 29.0 Å². The van der Waals surface area contributed by atoms with Crippen LogP contribution in [-0.4, -0.2) is 36.3 Å². The van der Waals surface area contributed by atoms with Crippen molar-refractivity contribution in [2.24, 2.45) is 0 Å². The minimum atomic E-state index is -0.300. The van der Waals surface area contributed by atoms with E-state index in [0.717, 1.165) is 29.8 Å². The van der Waals surface area contributed by atoms with Crippen LogP contribution in [0.5, 0.6) is 17.2 Å². The molecular formula is C31H33N3O4S. The van der Waals surface area contributed by atoms with Crippen molar-refractivity contribution in [1.82, 2.24) is 9.47 Å². The third kappa shape index (κ3) is 4.63. The maximum atomic E-state index is 14.3. The number of nitrogens with one attached hydrogen (secondary N) is 1. The summed E-state index contributed by atoms with van der Waals surface area (Å²) in [5.41, 5.74) is 5.33. The summed E-state index contributed by atoms with van der Waals surface area (Å²) in [4.78, 5) is 17.7. The number of hydrogen-bond acceptors (Lipinski definition) is 5. The number of fused-ring (bicyclic) bond motifs is 5. The minimum absolute atomic E-state index is 0.197. The number of ether oxygens (including phenoxy) is 3. The first-order valence-electron chi connectivity index (χ1n) is 13.4. The Morgan fingerprint density at radius 2 is 1.79 bits per heavy atom. The Labute approximate surface area is 232 Å². The van der Waals surface area contributed by atoms with Crippen LogP contribution in [0.4, 0.5) is 10.5 Å². The number of methoxy groups -OCH3 is 2. The van der Waals surface area contributed by atoms with Crippen molar-refractivity contribution >= 4 is 23.1 Å². The molecule has 0 spiro atoms. The monoisotopic (exact) mass is 543 g/mol. The van der Waals surface area contributed by atoms with E-state index in [1.165, 1.54) is 33.8 Å². The summed E-state index contributed by atoms with van der Waals surface area (Å²) in [7, 11) is 3.21. The lowest BCUT2D eigenvalue weighted by atomic mass is 9.95. The molecule has 39 heavy (non-hydrogen) atoms. The fourth-order valence-corrected chi connectivity index (χ4v) is 7.15. The molecular weight excluding hydrogens is 510 g/mol. The highest BCUT2D eigenvalue weighted by Crippen LogP contribution is 2.44. The van der Waals surface area contributed by atoms with Crippen LogP contribution < -0.4 is 19.5 Å². The van der Waals surface area contributed by atoms with Gasteiger partial charge in [0.2, 0.25) is 0 Å². The normalized spacial score (nSPS) is 16.0. The molecule has 0 fully saturated rings. The molecule has 1 N–H and O–H groups in total. The number of hydrogen-bond donors (Lipinski definition) is 1. The van der Waals surface area contributed by atoms with Crippen LogP contribution in [0.3, 0.4) is 0 Å². The number of nitrogens with zero attached hydrogens (tertiary/aromatic N) is 2. The van der Waals surface area contributed by atoms with E-state index in [-0.39, 0.29) is 12.1 Å². The van der Waals surface area contributed by atoms with Crippen LogP contribution in [0.25, 0.3) is 5.00 Å². The summed E-state index contributed by atoms with van der Waals surface area (Å²) >= 11 is 1.88. The molecule has 0 bridgehead atoms. The molecule has 2 aromatic heterocycles. The Hall–Kier alpha value is -3.91. The van der Waals surface area contributed by atoms with Gasteiger partial charge in [-0.05, 0) is 80.1 Å². The van der Waals surface area contributed by atoms with Crippen LogP contribution in [0, 0.1) is 0 Å². The molecule has 1 atom stereocenters. The summed E-state index contributed by atoms with van der Waals surface area (Å²) in [5.74, 6) is 2.04. The van der Waals surface area contributed by atoms with Crippen molar-refractivity contribution < 1.29 is 19.0 Å². The molecule has 0 unspecified atom stereocenters. The number of carbonyl (C=O) groups is 1. The van der Waals surface area contributed by atoms with Gasteiger partial charge in [0.15, 0.2) is 0 Å². The number of urea groups is 1. The molecule has 2 aliphatic rings. The van der Waals surface area contributed by atoms with Crippen molar-refractivity contribution in [2.75, 3.05) is 26.1 Å². The van der Waals surface area contributed by atoms with Gasteiger partial charge in [-0.2, -0.15) is 0 Å². The summed E-state index contributed by atoms with van der Waals surface area (Å²) in [6, 6.07) is 17.2. The topological polar surface area (TPSA) is 65.0 Å². The number of aromatic nitrogens is 1. The van der Waals surface area contributed by atoms with Gasteiger partial charge in [-0.15, -0.1) is 11.3 Å². The van der Waals surface area contributed by atoms with E-state index < -0.39 is 0 Å². The predicted molar refractivity (Wildman–Crippen MR) is 154 cm³/mol. The number of rotatable bonds is 6. The Balaban J connectivity index is 1.47. The number of amides is 2. The summed E-state index contributed by atoms with van der Waals surface area (Å²) in [6.45, 7) is 3.09. The van der Waals surface area contributed by atoms with Crippen LogP contribution in [0.1, 0.15) is 53.1 Å². The average molecular weight is 544 g/mol. The van der Waals surface area contributed by atoms with Crippen LogP contribution in [-0.2, 0) is 19.4 Å². The third-order valence-electron chi connectivity index (χ3n) is 7.59. The summed E-state index contributed by atoms with van der Waals surface area (Å²) in [6.07, 6.45) is 6.71. The Bertz CT molecular complexity index is 1490. The second kappa shape index (κ2) is 10.7. The van der Waals surface area contributed by atoms with Crippen LogP contribution in [0.2, 0.25) is 0 Å². The van der Waals surface area contributed by atoms with Gasteiger partial charge in [0.25, 0.3) is 0 Å². The lowest BCUT2D eigenvalue weighted by Gasteiger charge is -2.31. The molecule has 0 saturated carbocycles. The Kier molecular flexibility index (Phi) is 6.95. The van der Waals surface area contributed by atoms with Gasteiger partial charge in [0.05, 0.1) is 44.8 Å². The van der Waals surface area contributed by atoms with Gasteiger partial charge in [-0.3, -0.25) is 0 Å². The zero-order valence-corrected chi connectivity index (χ0v) is 23.3. The maximum Gasteiger partial charge on any atom is 0.323 e. The van der Waals surface area contributed by atoms with Crippen molar-refractivity contribution in [3.8, 4) is 22.2 Å². The molecule has 8 heteroatoms. The van der Waals surface area contributed by atoms with Crippen LogP contribution >= 0.6 is 11.3 Å². The first-order valence-corrected chi connectivity index (χ1v) is 14.3. The Morgan fingerprint density at radius 1 is 1.00 bits per heavy atom. The van der Waals surface area contributed by atoms with Crippen molar-refractivity contribution in [2.45, 2.75) is 45.2 Å². The highest BCUT2D eigenvalue weighted by atomic mass is 32.1. The first-order chi connectivity index (χ1) is 19.1.